The van der Waals surface area contributed by atoms with Gasteiger partial charge in [-0.05, 0) is 36.9 Å². The highest BCUT2D eigenvalue weighted by Gasteiger charge is 2.17. The van der Waals surface area contributed by atoms with Gasteiger partial charge in [-0.2, -0.15) is 0 Å². The highest BCUT2D eigenvalue weighted by molar-refractivity contribution is 7.80. The van der Waals surface area contributed by atoms with Crippen LogP contribution >= 0.6 is 12.2 Å². The van der Waals surface area contributed by atoms with Crippen molar-refractivity contribution in [2.75, 3.05) is 19.6 Å². The van der Waals surface area contributed by atoms with E-state index in [0.29, 0.717) is 5.92 Å². The molecule has 0 saturated carbocycles. The highest BCUT2D eigenvalue weighted by atomic mass is 32.1. The summed E-state index contributed by atoms with van der Waals surface area (Å²) in [5.74, 6) is 1.46. The molecule has 0 aromatic rings. The molecular weight excluding hydrogens is 192 g/mol. The summed E-state index contributed by atoms with van der Waals surface area (Å²) in [4.78, 5) is 2.31. The monoisotopic (exact) mass is 214 g/mol. The second-order valence-electron chi connectivity index (χ2n) is 4.77. The summed E-state index contributed by atoms with van der Waals surface area (Å²) in [5.41, 5.74) is 0. The molecule has 0 spiro atoms. The average Bonchev–Trinajstić information content (AvgIpc) is 2.14. The number of nitrogens with one attached hydrogen (secondary N) is 1. The molecule has 0 aliphatic carbocycles. The number of thiocarbonyl (C=S) groups is 1. The lowest BCUT2D eigenvalue weighted by Crippen LogP contribution is -2.45. The molecule has 0 radical (unpaired) electrons. The van der Waals surface area contributed by atoms with Crippen molar-refractivity contribution in [1.82, 2.24) is 10.2 Å². The van der Waals surface area contributed by atoms with E-state index >= 15 is 0 Å². The van der Waals surface area contributed by atoms with Gasteiger partial charge in [0.15, 0.2) is 5.11 Å². The van der Waals surface area contributed by atoms with Crippen molar-refractivity contribution in [2.24, 2.45) is 11.8 Å². The number of hydrogen-bond donors (Lipinski definition) is 1. The second kappa shape index (κ2) is 5.54. The third kappa shape index (κ3) is 3.82. The van der Waals surface area contributed by atoms with Gasteiger partial charge in [0, 0.05) is 19.6 Å². The summed E-state index contributed by atoms with van der Waals surface area (Å²) in [6, 6.07) is 0. The molecule has 1 saturated heterocycles. The molecule has 1 aliphatic rings. The van der Waals surface area contributed by atoms with E-state index in [2.05, 4.69) is 31.0 Å². The Labute approximate surface area is 93.1 Å². The number of hydrogen-bond acceptors (Lipinski definition) is 1. The minimum atomic E-state index is 0.662. The van der Waals surface area contributed by atoms with Crippen LogP contribution in [-0.2, 0) is 0 Å². The van der Waals surface area contributed by atoms with Crippen molar-refractivity contribution in [1.29, 1.82) is 0 Å². The number of piperidine rings is 1. The molecule has 1 N–H and O–H groups in total. The molecule has 1 aliphatic heterocycles. The Kier molecular flexibility index (Phi) is 4.66. The van der Waals surface area contributed by atoms with Crippen LogP contribution in [0.1, 0.15) is 33.6 Å². The molecule has 3 heteroatoms. The van der Waals surface area contributed by atoms with Crippen molar-refractivity contribution < 1.29 is 0 Å². The SMILES string of the molecule is CC(C)CNC(=S)N1CCCC(C)C1. The molecule has 1 unspecified atom stereocenters. The van der Waals surface area contributed by atoms with Crippen LogP contribution in [0.2, 0.25) is 0 Å². The molecule has 82 valence electrons. The lowest BCUT2D eigenvalue weighted by atomic mass is 10.0. The zero-order valence-electron chi connectivity index (χ0n) is 9.55. The van der Waals surface area contributed by atoms with Crippen molar-refractivity contribution in [2.45, 2.75) is 33.6 Å². The fourth-order valence-electron chi connectivity index (χ4n) is 1.78. The van der Waals surface area contributed by atoms with Gasteiger partial charge in [-0.1, -0.05) is 20.8 Å². The molecule has 0 aromatic heterocycles. The van der Waals surface area contributed by atoms with Gasteiger partial charge in [0.25, 0.3) is 0 Å². The van der Waals surface area contributed by atoms with E-state index in [1.54, 1.807) is 0 Å². The first-order chi connectivity index (χ1) is 6.59. The van der Waals surface area contributed by atoms with Crippen LogP contribution < -0.4 is 5.32 Å². The smallest absolute Gasteiger partial charge is 0.168 e. The lowest BCUT2D eigenvalue weighted by Gasteiger charge is -2.33. The van der Waals surface area contributed by atoms with Crippen molar-refractivity contribution in [3.05, 3.63) is 0 Å². The van der Waals surface area contributed by atoms with Crippen LogP contribution in [0.15, 0.2) is 0 Å². The topological polar surface area (TPSA) is 15.3 Å². The summed E-state index contributed by atoms with van der Waals surface area (Å²) in [6.07, 6.45) is 2.63. The second-order valence-corrected chi connectivity index (χ2v) is 5.16. The van der Waals surface area contributed by atoms with Crippen molar-refractivity contribution in [3.63, 3.8) is 0 Å². The number of likely N-dealkylation sites (tertiary alicyclic amines) is 1. The third-order valence-electron chi connectivity index (χ3n) is 2.61. The van der Waals surface area contributed by atoms with Crippen LogP contribution in [0.3, 0.4) is 0 Å². The Bertz CT molecular complexity index is 192. The molecule has 0 amide bonds. The first-order valence-electron chi connectivity index (χ1n) is 5.62. The molecular formula is C11H22N2S. The Hall–Kier alpha value is -0.310. The van der Waals surface area contributed by atoms with Crippen LogP contribution in [0, 0.1) is 11.8 Å². The van der Waals surface area contributed by atoms with Crippen LogP contribution in [0.5, 0.6) is 0 Å². The number of nitrogens with zero attached hydrogens (tertiary/aromatic N) is 1. The van der Waals surface area contributed by atoms with Gasteiger partial charge in [-0.15, -0.1) is 0 Å². The first-order valence-corrected chi connectivity index (χ1v) is 6.03. The van der Waals surface area contributed by atoms with E-state index in [1.165, 1.54) is 12.8 Å². The summed E-state index contributed by atoms with van der Waals surface area (Å²) in [5, 5.41) is 4.28. The Morgan fingerprint density at radius 1 is 1.57 bits per heavy atom. The molecule has 1 heterocycles. The summed E-state index contributed by atoms with van der Waals surface area (Å²) in [6.45, 7) is 9.96. The van der Waals surface area contributed by atoms with Gasteiger partial charge in [-0.3, -0.25) is 0 Å². The average molecular weight is 214 g/mol. The highest BCUT2D eigenvalue weighted by Crippen LogP contribution is 2.15. The van der Waals surface area contributed by atoms with Gasteiger partial charge in [0.2, 0.25) is 0 Å². The predicted octanol–water partition coefficient (Wildman–Crippen LogP) is 2.25. The molecule has 1 fully saturated rings. The minimum absolute atomic E-state index is 0.662. The maximum absolute atomic E-state index is 5.36. The molecule has 0 aromatic carbocycles. The van der Waals surface area contributed by atoms with Gasteiger partial charge in [0.05, 0.1) is 0 Å². The Morgan fingerprint density at radius 2 is 2.29 bits per heavy atom. The van der Waals surface area contributed by atoms with Crippen molar-refractivity contribution in [3.8, 4) is 0 Å². The molecule has 14 heavy (non-hydrogen) atoms. The zero-order valence-corrected chi connectivity index (χ0v) is 10.4. The normalized spacial score (nSPS) is 22.6. The van der Waals surface area contributed by atoms with Crippen LogP contribution in [0.4, 0.5) is 0 Å². The maximum atomic E-state index is 5.36. The largest absolute Gasteiger partial charge is 0.362 e. The van der Waals surface area contributed by atoms with Crippen LogP contribution in [0.25, 0.3) is 0 Å². The molecule has 1 atom stereocenters. The minimum Gasteiger partial charge on any atom is -0.362 e. The fourth-order valence-corrected chi connectivity index (χ4v) is 2.03. The first kappa shape index (κ1) is 11.8. The van der Waals surface area contributed by atoms with Gasteiger partial charge >= 0.3 is 0 Å². The fraction of sp³-hybridized carbons (Fsp3) is 0.909. The maximum Gasteiger partial charge on any atom is 0.168 e. The standard InChI is InChI=1S/C11H22N2S/c1-9(2)7-12-11(14)13-6-4-5-10(3)8-13/h9-10H,4-8H2,1-3H3,(H,12,14). The van der Waals surface area contributed by atoms with Gasteiger partial charge < -0.3 is 10.2 Å². The van der Waals surface area contributed by atoms with Gasteiger partial charge in [0.1, 0.15) is 0 Å². The van der Waals surface area contributed by atoms with Crippen LogP contribution in [-0.4, -0.2) is 29.6 Å². The van der Waals surface area contributed by atoms with E-state index in [9.17, 15) is 0 Å². The quantitative estimate of drug-likeness (QED) is 0.710. The van der Waals surface area contributed by atoms with E-state index in [0.717, 1.165) is 30.7 Å². The van der Waals surface area contributed by atoms with Crippen molar-refractivity contribution >= 4 is 17.3 Å². The van der Waals surface area contributed by atoms with E-state index < -0.39 is 0 Å². The summed E-state index contributed by atoms with van der Waals surface area (Å²) >= 11 is 5.36. The van der Waals surface area contributed by atoms with E-state index in [4.69, 9.17) is 12.2 Å². The Balaban J connectivity index is 2.29. The van der Waals surface area contributed by atoms with E-state index in [1.807, 2.05) is 0 Å². The zero-order chi connectivity index (χ0) is 10.6. The Morgan fingerprint density at radius 3 is 2.86 bits per heavy atom. The summed E-state index contributed by atoms with van der Waals surface area (Å²) < 4.78 is 0. The molecule has 1 rings (SSSR count). The summed E-state index contributed by atoms with van der Waals surface area (Å²) in [7, 11) is 0. The van der Waals surface area contributed by atoms with E-state index in [-0.39, 0.29) is 0 Å². The lowest BCUT2D eigenvalue weighted by molar-refractivity contribution is 0.270. The predicted molar refractivity (Wildman–Crippen MR) is 65.4 cm³/mol. The molecule has 0 bridgehead atoms. The van der Waals surface area contributed by atoms with Gasteiger partial charge in [-0.25, -0.2) is 0 Å². The molecule has 2 nitrogen and oxygen atoms in total. The third-order valence-corrected chi connectivity index (χ3v) is 3.01. The number of rotatable bonds is 2.